The molecular weight excluding hydrogens is 208 g/mol. The number of amides is 2. The van der Waals surface area contributed by atoms with Gasteiger partial charge in [-0.15, -0.1) is 0 Å². The van der Waals surface area contributed by atoms with Crippen LogP contribution in [0, 0.1) is 6.92 Å². The van der Waals surface area contributed by atoms with Gasteiger partial charge in [0.15, 0.2) is 0 Å². The Balaban J connectivity index is 1.63. The first kappa shape index (κ1) is 10.9. The van der Waals surface area contributed by atoms with Gasteiger partial charge in [0.2, 0.25) is 0 Å². The zero-order valence-corrected chi connectivity index (χ0v) is 9.32. The number of aromatic nitrogens is 1. The summed E-state index contributed by atoms with van der Waals surface area (Å²) in [6.45, 7) is 5.57. The molecule has 1 aromatic heterocycles. The van der Waals surface area contributed by atoms with E-state index < -0.39 is 0 Å². The standard InChI is InChI=1S/C10H16N4O2/c1-8-6-9(13-16-8)7-11-2-4-14-5-3-12-10(14)15/h6,11H,2-5,7H2,1H3,(H,12,15). The monoisotopic (exact) mass is 224 g/mol. The summed E-state index contributed by atoms with van der Waals surface area (Å²) in [6.07, 6.45) is 0. The molecule has 0 bridgehead atoms. The Hall–Kier alpha value is -1.56. The summed E-state index contributed by atoms with van der Waals surface area (Å²) in [5.74, 6) is 0.815. The zero-order chi connectivity index (χ0) is 11.4. The van der Waals surface area contributed by atoms with Crippen molar-refractivity contribution < 1.29 is 9.32 Å². The number of nitrogens with one attached hydrogen (secondary N) is 2. The second kappa shape index (κ2) is 4.98. The molecule has 1 aliphatic rings. The van der Waals surface area contributed by atoms with Crippen LogP contribution in [-0.2, 0) is 6.54 Å². The molecule has 88 valence electrons. The largest absolute Gasteiger partial charge is 0.361 e. The quantitative estimate of drug-likeness (QED) is 0.696. The van der Waals surface area contributed by atoms with Gasteiger partial charge in [0.25, 0.3) is 0 Å². The number of nitrogens with zero attached hydrogens (tertiary/aromatic N) is 2. The second-order valence-electron chi connectivity index (χ2n) is 3.82. The Morgan fingerprint density at radius 3 is 3.19 bits per heavy atom. The van der Waals surface area contributed by atoms with Gasteiger partial charge in [-0.05, 0) is 6.92 Å². The molecule has 0 radical (unpaired) electrons. The molecule has 0 spiro atoms. The van der Waals surface area contributed by atoms with Crippen molar-refractivity contribution in [3.63, 3.8) is 0 Å². The fraction of sp³-hybridized carbons (Fsp3) is 0.600. The van der Waals surface area contributed by atoms with Crippen LogP contribution in [-0.4, -0.2) is 42.3 Å². The van der Waals surface area contributed by atoms with Gasteiger partial charge >= 0.3 is 6.03 Å². The minimum Gasteiger partial charge on any atom is -0.361 e. The van der Waals surface area contributed by atoms with E-state index in [0.29, 0.717) is 6.54 Å². The first-order valence-corrected chi connectivity index (χ1v) is 5.41. The lowest BCUT2D eigenvalue weighted by Crippen LogP contribution is -2.34. The molecule has 0 saturated carbocycles. The Morgan fingerprint density at radius 1 is 1.69 bits per heavy atom. The highest BCUT2D eigenvalue weighted by Gasteiger charge is 2.17. The van der Waals surface area contributed by atoms with Crippen LogP contribution in [0.2, 0.25) is 0 Å². The zero-order valence-electron chi connectivity index (χ0n) is 9.32. The number of rotatable bonds is 5. The highest BCUT2D eigenvalue weighted by atomic mass is 16.5. The van der Waals surface area contributed by atoms with Gasteiger partial charge in [-0.2, -0.15) is 0 Å². The number of urea groups is 1. The average molecular weight is 224 g/mol. The summed E-state index contributed by atoms with van der Waals surface area (Å²) in [4.78, 5) is 13.0. The van der Waals surface area contributed by atoms with Crippen molar-refractivity contribution >= 4 is 6.03 Å². The van der Waals surface area contributed by atoms with Crippen molar-refractivity contribution in [2.45, 2.75) is 13.5 Å². The molecule has 6 heteroatoms. The normalized spacial score (nSPS) is 15.6. The van der Waals surface area contributed by atoms with Gasteiger partial charge in [0, 0.05) is 38.8 Å². The Morgan fingerprint density at radius 2 is 2.56 bits per heavy atom. The predicted molar refractivity (Wildman–Crippen MR) is 57.9 cm³/mol. The molecule has 0 aliphatic carbocycles. The van der Waals surface area contributed by atoms with Gasteiger partial charge < -0.3 is 20.1 Å². The van der Waals surface area contributed by atoms with Crippen molar-refractivity contribution in [1.82, 2.24) is 20.7 Å². The maximum Gasteiger partial charge on any atom is 0.317 e. The molecule has 0 atom stereocenters. The van der Waals surface area contributed by atoms with Crippen LogP contribution in [0.3, 0.4) is 0 Å². The van der Waals surface area contributed by atoms with Gasteiger partial charge in [0.1, 0.15) is 5.76 Å². The van der Waals surface area contributed by atoms with E-state index in [4.69, 9.17) is 4.52 Å². The van der Waals surface area contributed by atoms with E-state index in [9.17, 15) is 4.79 Å². The third-order valence-electron chi connectivity index (χ3n) is 2.49. The van der Waals surface area contributed by atoms with E-state index in [2.05, 4.69) is 15.8 Å². The number of aryl methyl sites for hydroxylation is 1. The Kier molecular flexibility index (Phi) is 3.40. The Labute approximate surface area is 94.0 Å². The molecule has 16 heavy (non-hydrogen) atoms. The summed E-state index contributed by atoms with van der Waals surface area (Å²) < 4.78 is 4.95. The topological polar surface area (TPSA) is 70.4 Å². The fourth-order valence-corrected chi connectivity index (χ4v) is 1.66. The summed E-state index contributed by atoms with van der Waals surface area (Å²) in [5, 5.41) is 9.85. The number of carbonyl (C=O) groups is 1. The first-order valence-electron chi connectivity index (χ1n) is 5.41. The van der Waals surface area contributed by atoms with Crippen LogP contribution < -0.4 is 10.6 Å². The molecule has 0 aromatic carbocycles. The Bertz CT molecular complexity index is 363. The number of hydrogen-bond acceptors (Lipinski definition) is 4. The summed E-state index contributed by atoms with van der Waals surface area (Å²) in [5.41, 5.74) is 0.892. The minimum absolute atomic E-state index is 0.0269. The highest BCUT2D eigenvalue weighted by molar-refractivity contribution is 5.76. The fourth-order valence-electron chi connectivity index (χ4n) is 1.66. The lowest BCUT2D eigenvalue weighted by Gasteiger charge is -2.13. The third-order valence-corrected chi connectivity index (χ3v) is 2.49. The molecule has 0 unspecified atom stereocenters. The summed E-state index contributed by atoms with van der Waals surface area (Å²) >= 11 is 0. The molecule has 2 rings (SSSR count). The van der Waals surface area contributed by atoms with Crippen LogP contribution in [0.5, 0.6) is 0 Å². The van der Waals surface area contributed by atoms with Crippen molar-refractivity contribution in [2.75, 3.05) is 26.2 Å². The molecule has 2 amide bonds. The second-order valence-corrected chi connectivity index (χ2v) is 3.82. The molecular formula is C10H16N4O2. The predicted octanol–water partition coefficient (Wildman–Crippen LogP) is 0.0978. The highest BCUT2D eigenvalue weighted by Crippen LogP contribution is 2.00. The minimum atomic E-state index is 0.0269. The van der Waals surface area contributed by atoms with Crippen LogP contribution in [0.1, 0.15) is 11.5 Å². The first-order chi connectivity index (χ1) is 7.75. The third kappa shape index (κ3) is 2.73. The van der Waals surface area contributed by atoms with E-state index >= 15 is 0 Å². The number of hydrogen-bond donors (Lipinski definition) is 2. The summed E-state index contributed by atoms with van der Waals surface area (Å²) in [6, 6.07) is 1.93. The number of carbonyl (C=O) groups excluding carboxylic acids is 1. The lowest BCUT2D eigenvalue weighted by molar-refractivity contribution is 0.217. The van der Waals surface area contributed by atoms with Crippen LogP contribution >= 0.6 is 0 Å². The smallest absolute Gasteiger partial charge is 0.317 e. The molecule has 6 nitrogen and oxygen atoms in total. The maximum absolute atomic E-state index is 11.2. The molecule has 1 aromatic rings. The van der Waals surface area contributed by atoms with Gasteiger partial charge in [-0.25, -0.2) is 4.79 Å². The van der Waals surface area contributed by atoms with Gasteiger partial charge in [0.05, 0.1) is 5.69 Å². The van der Waals surface area contributed by atoms with E-state index in [1.54, 1.807) is 4.90 Å². The maximum atomic E-state index is 11.2. The van der Waals surface area contributed by atoms with Crippen molar-refractivity contribution in [3.8, 4) is 0 Å². The van der Waals surface area contributed by atoms with E-state index in [1.807, 2.05) is 13.0 Å². The SMILES string of the molecule is Cc1cc(CNCCN2CCNC2=O)no1. The van der Waals surface area contributed by atoms with Gasteiger partial charge in [-0.1, -0.05) is 5.16 Å². The van der Waals surface area contributed by atoms with Gasteiger partial charge in [-0.3, -0.25) is 0 Å². The average Bonchev–Trinajstić information content (AvgIpc) is 2.83. The molecule has 1 fully saturated rings. The van der Waals surface area contributed by atoms with E-state index in [-0.39, 0.29) is 6.03 Å². The molecule has 2 heterocycles. The van der Waals surface area contributed by atoms with Crippen molar-refractivity contribution in [2.24, 2.45) is 0 Å². The van der Waals surface area contributed by atoms with Crippen LogP contribution in [0.4, 0.5) is 4.79 Å². The van der Waals surface area contributed by atoms with E-state index in [0.717, 1.165) is 37.6 Å². The molecule has 1 aliphatic heterocycles. The van der Waals surface area contributed by atoms with Crippen LogP contribution in [0.15, 0.2) is 10.6 Å². The van der Waals surface area contributed by atoms with Crippen LogP contribution in [0.25, 0.3) is 0 Å². The summed E-state index contributed by atoms with van der Waals surface area (Å²) in [7, 11) is 0. The van der Waals surface area contributed by atoms with Crippen molar-refractivity contribution in [3.05, 3.63) is 17.5 Å². The van der Waals surface area contributed by atoms with Crippen molar-refractivity contribution in [1.29, 1.82) is 0 Å². The lowest BCUT2D eigenvalue weighted by atomic mass is 10.4. The van der Waals surface area contributed by atoms with E-state index in [1.165, 1.54) is 0 Å². The molecule has 2 N–H and O–H groups in total. The molecule has 1 saturated heterocycles.